The molecule has 12 aliphatic rings. The zero-order chi connectivity index (χ0) is 76.8. The molecule has 12 rings (SSSR count). The summed E-state index contributed by atoms with van der Waals surface area (Å²) in [5.41, 5.74) is 2.89. The Hall–Kier alpha value is -3.14. The van der Waals surface area contributed by atoms with Crippen molar-refractivity contribution in [1.29, 1.82) is 0 Å². The number of cyclic esters (lactones) is 2. The molecule has 0 bridgehead atoms. The van der Waals surface area contributed by atoms with Crippen molar-refractivity contribution < 1.29 is 95.0 Å². The van der Waals surface area contributed by atoms with Crippen molar-refractivity contribution in [2.75, 3.05) is 69.8 Å². The van der Waals surface area contributed by atoms with E-state index in [9.17, 15) is 19.2 Å². The second-order valence-corrected chi connectivity index (χ2v) is 34.3. The van der Waals surface area contributed by atoms with Crippen LogP contribution in [0.4, 0.5) is 0 Å². The van der Waals surface area contributed by atoms with Crippen LogP contribution < -0.4 is 0 Å². The number of Topliss-reactive ketones (excluding diaryl/α,β-unsaturated/α-hetero) is 2. The molecule has 608 valence electrons. The maximum Gasteiger partial charge on any atom is 0.306 e. The van der Waals surface area contributed by atoms with Gasteiger partial charge in [0.25, 0.3) is 0 Å². The fourth-order valence-corrected chi connectivity index (χ4v) is 21.9. The van der Waals surface area contributed by atoms with Gasteiger partial charge in [-0.25, -0.2) is 0 Å². The van der Waals surface area contributed by atoms with Gasteiger partial charge in [-0.3, -0.25) is 19.2 Å². The molecule has 34 atom stereocenters. The number of allylic oxidation sites excluding steroid dienone is 6. The van der Waals surface area contributed by atoms with Crippen LogP contribution in [0.1, 0.15) is 205 Å². The van der Waals surface area contributed by atoms with Crippen LogP contribution in [0.15, 0.2) is 34.9 Å². The van der Waals surface area contributed by atoms with Crippen molar-refractivity contribution in [2.24, 2.45) is 71.0 Å². The molecule has 6 saturated heterocycles. The highest BCUT2D eigenvalue weighted by Crippen LogP contribution is 2.59. The van der Waals surface area contributed by atoms with Gasteiger partial charge in [-0.2, -0.15) is 0 Å². The van der Waals surface area contributed by atoms with Crippen LogP contribution in [0.5, 0.6) is 0 Å². The van der Waals surface area contributed by atoms with Crippen LogP contribution in [-0.2, 0) is 95.0 Å². The van der Waals surface area contributed by atoms with Gasteiger partial charge in [0, 0.05) is 77.4 Å². The summed E-state index contributed by atoms with van der Waals surface area (Å²) in [4.78, 5) is 61.0. The molecular formula is C85H138N2O20. The molecule has 6 aliphatic heterocycles. The van der Waals surface area contributed by atoms with Crippen molar-refractivity contribution in [3.8, 4) is 0 Å². The van der Waals surface area contributed by atoms with E-state index in [4.69, 9.17) is 75.8 Å². The number of carbonyl (C=O) groups is 4. The molecule has 6 heterocycles. The molecule has 0 spiro atoms. The third kappa shape index (κ3) is 19.1. The summed E-state index contributed by atoms with van der Waals surface area (Å²) in [6, 6.07) is 0.682. The number of hydrogen-bond acceptors (Lipinski definition) is 22. The lowest BCUT2D eigenvalue weighted by Gasteiger charge is -2.44. The standard InChI is InChI=1S/C43H69NO10.C42H69NO10/c1-11-27-14-13-15-36(54-38-17-16-35(44(7)8)25(5)50-38)24(4)39(46)34-21-32-30(33(34)22-37(45)52-27)18-23(3)29-19-28(20-31(29)32)53-43-42(48-10)41(49-12-2)40(47-9)26(6)51-43;1-10-27-13-12-14-35(53-37-18-17-34(43(6)7)24(4)49-37)23(3)38(45)33-21-31-29(32(33)22-36(44)51-27)16-15-26-19-28(20-30(26)31)52-42-41(47-9)40(48-11-2)39(46-8)25(5)50-42/h18,21,24-33,35-36,38,40-43H,11-17,19-20,22H2,1-10H3;21,23-32,34-35,37,39-42H,10-20,22H2,1-9H3/t24-,25-,26+,27+,28-,29+,30-,31-,32-,33+,35+,36+,38+,40+,41-,42-,43+;23-,24-,25+,26-,27+,28-,29-,30-,31-,32+,34+,35+,37+,39+,40-,41-,42+/m11/s1. The molecule has 6 aliphatic carbocycles. The van der Waals surface area contributed by atoms with Gasteiger partial charge in [-0.05, 0) is 251 Å². The maximum absolute atomic E-state index is 14.8. The third-order valence-electron chi connectivity index (χ3n) is 27.6. The number of esters is 2. The Morgan fingerprint density at radius 2 is 0.888 bits per heavy atom. The second kappa shape index (κ2) is 38.3. The van der Waals surface area contributed by atoms with Crippen LogP contribution >= 0.6 is 0 Å². The average molecular weight is 1510 g/mol. The Bertz CT molecular complexity index is 3000. The van der Waals surface area contributed by atoms with Crippen LogP contribution in [0.3, 0.4) is 0 Å². The van der Waals surface area contributed by atoms with Crippen molar-refractivity contribution in [3.05, 3.63) is 34.9 Å². The van der Waals surface area contributed by atoms with Gasteiger partial charge in [-0.1, -0.05) is 51.5 Å². The minimum absolute atomic E-state index is 0.00218. The van der Waals surface area contributed by atoms with E-state index >= 15 is 0 Å². The van der Waals surface area contributed by atoms with E-state index in [2.05, 4.69) is 90.8 Å². The van der Waals surface area contributed by atoms with Gasteiger partial charge in [0.1, 0.15) is 48.8 Å². The van der Waals surface area contributed by atoms with Crippen LogP contribution in [0.25, 0.3) is 0 Å². The van der Waals surface area contributed by atoms with Crippen molar-refractivity contribution >= 4 is 23.5 Å². The molecule has 3 saturated carbocycles. The predicted molar refractivity (Wildman–Crippen MR) is 402 cm³/mol. The second-order valence-electron chi connectivity index (χ2n) is 34.3. The van der Waals surface area contributed by atoms with Gasteiger partial charge < -0.3 is 85.6 Å². The molecular weight excluding hydrogens is 1370 g/mol. The van der Waals surface area contributed by atoms with E-state index in [1.165, 1.54) is 5.57 Å². The minimum atomic E-state index is -0.597. The molecule has 0 radical (unpaired) electrons. The zero-order valence-electron chi connectivity index (χ0n) is 68.5. The number of rotatable bonds is 20. The smallest absolute Gasteiger partial charge is 0.306 e. The normalized spacial score (nSPS) is 45.0. The quantitative estimate of drug-likeness (QED) is 0.0816. The Labute approximate surface area is 640 Å². The molecule has 107 heavy (non-hydrogen) atoms. The van der Waals surface area contributed by atoms with Crippen molar-refractivity contribution in [1.82, 2.24) is 9.80 Å². The van der Waals surface area contributed by atoms with Gasteiger partial charge in [0.15, 0.2) is 36.7 Å². The topological polar surface area (TPSA) is 222 Å². The Kier molecular flexibility index (Phi) is 30.4. The minimum Gasteiger partial charge on any atom is -0.462 e. The highest BCUT2D eigenvalue weighted by molar-refractivity contribution is 6.00. The monoisotopic (exact) mass is 1510 g/mol. The average Bonchev–Trinajstić information content (AvgIpc) is 1.60. The Morgan fingerprint density at radius 3 is 1.35 bits per heavy atom. The number of fused-ring (bicyclic) bond motifs is 10. The van der Waals surface area contributed by atoms with Gasteiger partial charge in [0.2, 0.25) is 0 Å². The largest absolute Gasteiger partial charge is 0.462 e. The van der Waals surface area contributed by atoms with E-state index in [0.29, 0.717) is 49.5 Å². The lowest BCUT2D eigenvalue weighted by atomic mass is 9.66. The lowest BCUT2D eigenvalue weighted by molar-refractivity contribution is -0.317. The number of likely N-dealkylation sites (N-methyl/N-ethyl adjacent to an activating group) is 2. The first kappa shape index (κ1) is 84.8. The summed E-state index contributed by atoms with van der Waals surface area (Å²) in [5, 5.41) is 0. The molecule has 22 heteroatoms. The first-order valence-electron chi connectivity index (χ1n) is 41.9. The summed E-state index contributed by atoms with van der Waals surface area (Å²) in [6.45, 7) is 23.7. The molecule has 0 unspecified atom stereocenters. The number of hydrogen-bond donors (Lipinski definition) is 0. The number of carbonyl (C=O) groups excluding carboxylic acids is 4. The molecule has 0 N–H and O–H groups in total. The summed E-state index contributed by atoms with van der Waals surface area (Å²) in [5.74, 6) is 0.742. The lowest BCUT2D eigenvalue weighted by Crippen LogP contribution is -2.60. The van der Waals surface area contributed by atoms with E-state index in [1.807, 2.05) is 41.5 Å². The molecule has 0 aromatic heterocycles. The first-order chi connectivity index (χ1) is 51.3. The van der Waals surface area contributed by atoms with E-state index in [1.54, 1.807) is 28.4 Å². The summed E-state index contributed by atoms with van der Waals surface area (Å²) in [6.07, 6.45) is 17.4. The number of ether oxygens (including phenoxy) is 16. The van der Waals surface area contributed by atoms with E-state index < -0.39 is 24.8 Å². The van der Waals surface area contributed by atoms with Crippen molar-refractivity contribution in [3.63, 3.8) is 0 Å². The highest BCUT2D eigenvalue weighted by atomic mass is 16.7. The number of methoxy groups -OCH3 is 4. The summed E-state index contributed by atoms with van der Waals surface area (Å²) in [7, 11) is 15.1. The van der Waals surface area contributed by atoms with E-state index in [-0.39, 0.29) is 188 Å². The van der Waals surface area contributed by atoms with Crippen LogP contribution in [0, 0.1) is 71.0 Å². The van der Waals surface area contributed by atoms with E-state index in [0.717, 1.165) is 120 Å². The summed E-state index contributed by atoms with van der Waals surface area (Å²) >= 11 is 0. The highest BCUT2D eigenvalue weighted by Gasteiger charge is 2.57. The fourth-order valence-electron chi connectivity index (χ4n) is 21.9. The maximum atomic E-state index is 14.8. The third-order valence-corrected chi connectivity index (χ3v) is 27.6. The molecule has 9 fully saturated rings. The number of nitrogens with zero attached hydrogens (tertiary/aromatic N) is 2. The van der Waals surface area contributed by atoms with Gasteiger partial charge in [-0.15, -0.1) is 0 Å². The Morgan fingerprint density at radius 1 is 0.430 bits per heavy atom. The van der Waals surface area contributed by atoms with Crippen LogP contribution in [0.2, 0.25) is 0 Å². The summed E-state index contributed by atoms with van der Waals surface area (Å²) < 4.78 is 100. The van der Waals surface area contributed by atoms with Gasteiger partial charge >= 0.3 is 11.9 Å². The van der Waals surface area contributed by atoms with Gasteiger partial charge in [0.05, 0.1) is 61.7 Å². The molecule has 0 aromatic carbocycles. The predicted octanol–water partition coefficient (Wildman–Crippen LogP) is 12.4. The fraction of sp³-hybridized carbons (Fsp3) is 0.882. The first-order valence-corrected chi connectivity index (χ1v) is 41.9. The van der Waals surface area contributed by atoms with Crippen LogP contribution in [-0.4, -0.2) is 238 Å². The molecule has 0 amide bonds. The molecule has 0 aromatic rings. The Balaban J connectivity index is 0.000000213. The van der Waals surface area contributed by atoms with Crippen molar-refractivity contribution in [2.45, 2.75) is 339 Å². The molecule has 22 nitrogen and oxygen atoms in total. The number of ketones is 2. The SMILES string of the molecule is CCO[C@@H]1[C@@H](OC)[C@H](C)O[C@@H](O[C@@H]2C[C@H]3CC[C@@H]4[C@@H](C=C5C(=O)[C@H](C)[C@@H](O[C@H]6CC[C@H](N(C)C)[C@@H](C)O6)CCC[C@H](CC)OC(=O)C[C@H]54)[C@@H]3C2)[C@@H]1OC.CCO[C@@H]1[C@@H](OC)[C@H](C)O[C@@H](O[C@H]2C[C@H]3[C@@H]4C=C5C(=O)[C@H](C)[C@@H](O[C@H]6CC[C@H](N(C)C)[C@@H](C)O6)CCC[C@H](CC)OC(=O)C[C@H]5[C@@H]4C=C(C)[C@@H]3C2)[C@@H]1OC. The zero-order valence-corrected chi connectivity index (χ0v) is 68.5.